The Hall–Kier alpha value is -0.300. The Morgan fingerprint density at radius 2 is 1.93 bits per heavy atom. The zero-order chi connectivity index (χ0) is 11.4. The van der Waals surface area contributed by atoms with E-state index in [0.717, 1.165) is 0 Å². The number of halogens is 1. The van der Waals surface area contributed by atoms with Gasteiger partial charge in [-0.05, 0) is 37.3 Å². The number of aryl methyl sites for hydroxylation is 2. The second-order valence-electron chi connectivity index (χ2n) is 4.53. The first-order valence-corrected chi connectivity index (χ1v) is 6.69. The van der Waals surface area contributed by atoms with Crippen molar-refractivity contribution in [3.05, 3.63) is 34.9 Å². The molecule has 0 saturated heterocycles. The van der Waals surface area contributed by atoms with Crippen LogP contribution < -0.4 is 0 Å². The quantitative estimate of drug-likeness (QED) is 0.661. The van der Waals surface area contributed by atoms with E-state index in [2.05, 4.69) is 61.8 Å². The predicted octanol–water partition coefficient (Wildman–Crippen LogP) is 5.18. The summed E-state index contributed by atoms with van der Waals surface area (Å²) in [5, 5.41) is 0. The number of rotatable bonds is 4. The van der Waals surface area contributed by atoms with E-state index in [-0.39, 0.29) is 0 Å². The first-order valence-electron chi connectivity index (χ1n) is 5.77. The molecule has 2 atom stereocenters. The Kier molecular flexibility index (Phi) is 4.85. The lowest BCUT2D eigenvalue weighted by atomic mass is 9.93. The SMILES string of the molecule is CCCC(C)C(Br)c1cc(C)ccc1C. The van der Waals surface area contributed by atoms with Crippen LogP contribution in [0, 0.1) is 19.8 Å². The van der Waals surface area contributed by atoms with Crippen LogP contribution in [0.1, 0.15) is 48.2 Å². The molecule has 0 aliphatic carbocycles. The Bertz CT molecular complexity index is 317. The van der Waals surface area contributed by atoms with E-state index < -0.39 is 0 Å². The fourth-order valence-corrected chi connectivity index (χ4v) is 2.72. The molecule has 0 amide bonds. The molecule has 1 aromatic carbocycles. The van der Waals surface area contributed by atoms with E-state index in [9.17, 15) is 0 Å². The lowest BCUT2D eigenvalue weighted by molar-refractivity contribution is 0.517. The molecular weight excluding hydrogens is 248 g/mol. The second-order valence-corrected chi connectivity index (χ2v) is 5.51. The smallest absolute Gasteiger partial charge is 0.0423 e. The molecular formula is C14H21Br. The van der Waals surface area contributed by atoms with Crippen molar-refractivity contribution >= 4 is 15.9 Å². The number of hydrogen-bond acceptors (Lipinski definition) is 0. The third-order valence-corrected chi connectivity index (χ3v) is 4.37. The van der Waals surface area contributed by atoms with Crippen molar-refractivity contribution in [3.63, 3.8) is 0 Å². The maximum Gasteiger partial charge on any atom is 0.0423 e. The summed E-state index contributed by atoms with van der Waals surface area (Å²) in [6.45, 7) is 8.93. The summed E-state index contributed by atoms with van der Waals surface area (Å²) in [5.74, 6) is 0.704. The first-order chi connectivity index (χ1) is 7.06. The van der Waals surface area contributed by atoms with E-state index in [0.29, 0.717) is 10.7 Å². The van der Waals surface area contributed by atoms with Gasteiger partial charge in [-0.1, -0.05) is 60.0 Å². The van der Waals surface area contributed by atoms with Gasteiger partial charge in [0.2, 0.25) is 0 Å². The number of alkyl halides is 1. The van der Waals surface area contributed by atoms with Crippen LogP contribution in [0.25, 0.3) is 0 Å². The molecule has 0 aromatic heterocycles. The van der Waals surface area contributed by atoms with Gasteiger partial charge in [-0.15, -0.1) is 0 Å². The molecule has 1 rings (SSSR count). The summed E-state index contributed by atoms with van der Waals surface area (Å²) in [4.78, 5) is 0.498. The van der Waals surface area contributed by atoms with Crippen molar-refractivity contribution in [1.29, 1.82) is 0 Å². The maximum absolute atomic E-state index is 3.84. The molecule has 15 heavy (non-hydrogen) atoms. The molecule has 0 radical (unpaired) electrons. The van der Waals surface area contributed by atoms with Crippen LogP contribution in [0.4, 0.5) is 0 Å². The molecule has 84 valence electrons. The van der Waals surface area contributed by atoms with Crippen molar-refractivity contribution in [2.45, 2.75) is 45.4 Å². The Morgan fingerprint density at radius 3 is 2.53 bits per heavy atom. The van der Waals surface area contributed by atoms with Gasteiger partial charge in [0.1, 0.15) is 0 Å². The van der Waals surface area contributed by atoms with Gasteiger partial charge in [0.05, 0.1) is 0 Å². The summed E-state index contributed by atoms with van der Waals surface area (Å²) in [5.41, 5.74) is 4.20. The van der Waals surface area contributed by atoms with Gasteiger partial charge in [0.15, 0.2) is 0 Å². The Balaban J connectivity index is 2.89. The fraction of sp³-hybridized carbons (Fsp3) is 0.571. The van der Waals surface area contributed by atoms with E-state index >= 15 is 0 Å². The summed E-state index contributed by atoms with van der Waals surface area (Å²) >= 11 is 3.84. The van der Waals surface area contributed by atoms with Crippen LogP contribution in [-0.4, -0.2) is 0 Å². The molecule has 1 heteroatoms. The summed E-state index contributed by atoms with van der Waals surface area (Å²) in [6.07, 6.45) is 2.54. The molecule has 0 spiro atoms. The normalized spacial score (nSPS) is 15.0. The van der Waals surface area contributed by atoms with Crippen molar-refractivity contribution in [1.82, 2.24) is 0 Å². The van der Waals surface area contributed by atoms with Crippen LogP contribution in [0.5, 0.6) is 0 Å². The van der Waals surface area contributed by atoms with Gasteiger partial charge in [-0.3, -0.25) is 0 Å². The zero-order valence-corrected chi connectivity index (χ0v) is 11.8. The molecule has 2 unspecified atom stereocenters. The highest BCUT2D eigenvalue weighted by atomic mass is 79.9. The highest BCUT2D eigenvalue weighted by Gasteiger charge is 2.17. The molecule has 0 aliphatic rings. The lowest BCUT2D eigenvalue weighted by Crippen LogP contribution is -2.05. The highest BCUT2D eigenvalue weighted by molar-refractivity contribution is 9.09. The van der Waals surface area contributed by atoms with Gasteiger partial charge in [-0.25, -0.2) is 0 Å². The van der Waals surface area contributed by atoms with E-state index in [1.54, 1.807) is 0 Å². The maximum atomic E-state index is 3.84. The molecule has 0 bridgehead atoms. The second kappa shape index (κ2) is 5.69. The van der Waals surface area contributed by atoms with Crippen molar-refractivity contribution < 1.29 is 0 Å². The minimum absolute atomic E-state index is 0.498. The minimum Gasteiger partial charge on any atom is -0.0836 e. The first kappa shape index (κ1) is 12.8. The molecule has 0 heterocycles. The third-order valence-electron chi connectivity index (χ3n) is 2.98. The molecule has 0 nitrogen and oxygen atoms in total. The van der Waals surface area contributed by atoms with Crippen LogP contribution >= 0.6 is 15.9 Å². The number of benzene rings is 1. The van der Waals surface area contributed by atoms with Gasteiger partial charge in [-0.2, -0.15) is 0 Å². The summed E-state index contributed by atoms with van der Waals surface area (Å²) < 4.78 is 0. The zero-order valence-electron chi connectivity index (χ0n) is 10.2. The summed E-state index contributed by atoms with van der Waals surface area (Å²) in [6, 6.07) is 6.71. The van der Waals surface area contributed by atoms with Crippen LogP contribution in [0.3, 0.4) is 0 Å². The van der Waals surface area contributed by atoms with Gasteiger partial charge < -0.3 is 0 Å². The average Bonchev–Trinajstić information content (AvgIpc) is 2.21. The van der Waals surface area contributed by atoms with E-state index in [1.807, 2.05) is 0 Å². The lowest BCUT2D eigenvalue weighted by Gasteiger charge is -2.20. The molecule has 0 aliphatic heterocycles. The van der Waals surface area contributed by atoms with Gasteiger partial charge >= 0.3 is 0 Å². The molecule has 0 saturated carbocycles. The monoisotopic (exact) mass is 268 g/mol. The van der Waals surface area contributed by atoms with Crippen LogP contribution in [0.15, 0.2) is 18.2 Å². The van der Waals surface area contributed by atoms with E-state index in [1.165, 1.54) is 29.5 Å². The fourth-order valence-electron chi connectivity index (χ4n) is 1.97. The molecule has 1 aromatic rings. The van der Waals surface area contributed by atoms with Crippen LogP contribution in [0.2, 0.25) is 0 Å². The third kappa shape index (κ3) is 3.34. The number of hydrogen-bond donors (Lipinski definition) is 0. The highest BCUT2D eigenvalue weighted by Crippen LogP contribution is 2.35. The van der Waals surface area contributed by atoms with Crippen molar-refractivity contribution in [2.75, 3.05) is 0 Å². The van der Waals surface area contributed by atoms with Crippen molar-refractivity contribution in [2.24, 2.45) is 5.92 Å². The summed E-state index contributed by atoms with van der Waals surface area (Å²) in [7, 11) is 0. The van der Waals surface area contributed by atoms with Crippen LogP contribution in [-0.2, 0) is 0 Å². The molecule has 0 N–H and O–H groups in total. The Labute approximate surface area is 102 Å². The predicted molar refractivity (Wildman–Crippen MR) is 71.7 cm³/mol. The largest absolute Gasteiger partial charge is 0.0836 e. The van der Waals surface area contributed by atoms with Crippen molar-refractivity contribution in [3.8, 4) is 0 Å². The van der Waals surface area contributed by atoms with Gasteiger partial charge in [0, 0.05) is 4.83 Å². The molecule has 0 fully saturated rings. The standard InChI is InChI=1S/C14H21Br/c1-5-6-12(4)14(15)13-9-10(2)7-8-11(13)3/h7-9,12,14H,5-6H2,1-4H3. The topological polar surface area (TPSA) is 0 Å². The minimum atomic E-state index is 0.498. The Morgan fingerprint density at radius 1 is 1.27 bits per heavy atom. The average molecular weight is 269 g/mol. The van der Waals surface area contributed by atoms with E-state index in [4.69, 9.17) is 0 Å². The van der Waals surface area contributed by atoms with Gasteiger partial charge in [0.25, 0.3) is 0 Å².